The minimum absolute atomic E-state index is 0.157. The van der Waals surface area contributed by atoms with Gasteiger partial charge in [-0.2, -0.15) is 0 Å². The fraction of sp³-hybridized carbons (Fsp3) is 0.741. The Hall–Kier alpha value is -1.11. The van der Waals surface area contributed by atoms with Crippen molar-refractivity contribution in [3.8, 4) is 0 Å². The van der Waals surface area contributed by atoms with Crippen LogP contribution in [-0.4, -0.2) is 16.3 Å². The Balaban J connectivity index is 1.68. The third kappa shape index (κ3) is 2.60. The second kappa shape index (κ2) is 6.19. The summed E-state index contributed by atoms with van der Waals surface area (Å²) in [4.78, 5) is 0. The number of benzene rings is 1. The summed E-state index contributed by atoms with van der Waals surface area (Å²) in [7, 11) is 0. The Kier molecular flexibility index (Phi) is 4.18. The van der Waals surface area contributed by atoms with Crippen LogP contribution in [0.25, 0.3) is 0 Å². The molecule has 0 unspecified atom stereocenters. The van der Waals surface area contributed by atoms with E-state index in [1.165, 1.54) is 55.3 Å². The zero-order valence-electron chi connectivity index (χ0n) is 18.9. The first-order valence-electron chi connectivity index (χ1n) is 11.9. The van der Waals surface area contributed by atoms with Gasteiger partial charge >= 0.3 is 0 Å². The summed E-state index contributed by atoms with van der Waals surface area (Å²) in [5.41, 5.74) is 5.00. The molecule has 1 aliphatic heterocycles. The number of rotatable bonds is 3. The molecule has 4 fully saturated rings. The molecule has 4 bridgehead atoms. The molecule has 1 nitrogen and oxygen atoms in total. The molecule has 1 spiro atoms. The lowest BCUT2D eigenvalue weighted by Gasteiger charge is -2.60. The molecule has 1 heteroatoms. The second-order valence-electron chi connectivity index (χ2n) is 11.9. The molecular weight excluding hydrogens is 338 g/mol. The number of hydrogen-bond acceptors (Lipinski definition) is 0. The first kappa shape index (κ1) is 18.9. The van der Waals surface area contributed by atoms with Crippen LogP contribution in [0.15, 0.2) is 18.2 Å². The highest BCUT2D eigenvalue weighted by molar-refractivity contribution is 5.69. The van der Waals surface area contributed by atoms with Gasteiger partial charge in [0.2, 0.25) is 0 Å². The summed E-state index contributed by atoms with van der Waals surface area (Å²) in [5.74, 6) is 4.92. The van der Waals surface area contributed by atoms with Crippen LogP contribution in [0.1, 0.15) is 103 Å². The van der Waals surface area contributed by atoms with Gasteiger partial charge in [-0.15, -0.1) is 0 Å². The van der Waals surface area contributed by atoms with Gasteiger partial charge in [-0.3, -0.25) is 0 Å². The molecule has 6 rings (SSSR count). The molecule has 0 radical (unpaired) electrons. The summed E-state index contributed by atoms with van der Waals surface area (Å²) in [6, 6.07) is 7.01. The van der Waals surface area contributed by atoms with Crippen molar-refractivity contribution >= 4 is 11.9 Å². The van der Waals surface area contributed by atoms with E-state index in [9.17, 15) is 0 Å². The lowest BCUT2D eigenvalue weighted by molar-refractivity contribution is -0.513. The molecule has 1 heterocycles. The minimum Gasteiger partial charge on any atom is -0.359 e. The molecule has 0 atom stereocenters. The molecule has 0 amide bonds. The summed E-state index contributed by atoms with van der Waals surface area (Å²) < 4.78 is 2.65. The van der Waals surface area contributed by atoms with E-state index in [1.54, 1.807) is 0 Å². The SMILES string of the molecule is CC(C)c1cccc(C(C)C)c1[N+]1=[C-]C2(CC1(C)C)C1CC3CC(C1)CC2C3. The number of para-hydroxylation sites is 1. The Bertz CT molecular complexity index is 755. The third-order valence-corrected chi connectivity index (χ3v) is 8.81. The van der Waals surface area contributed by atoms with Crippen LogP contribution in [-0.2, 0) is 0 Å². The van der Waals surface area contributed by atoms with Crippen LogP contribution in [0.5, 0.6) is 0 Å². The quantitative estimate of drug-likeness (QED) is 0.388. The molecule has 4 saturated carbocycles. The predicted molar refractivity (Wildman–Crippen MR) is 118 cm³/mol. The first-order valence-corrected chi connectivity index (χ1v) is 11.9. The molecule has 0 N–H and O–H groups in total. The highest BCUT2D eigenvalue weighted by Crippen LogP contribution is 2.65. The normalized spacial score (nSPS) is 38.1. The Morgan fingerprint density at radius 1 is 0.857 bits per heavy atom. The van der Waals surface area contributed by atoms with E-state index >= 15 is 0 Å². The topological polar surface area (TPSA) is 3.01 Å². The van der Waals surface area contributed by atoms with Crippen LogP contribution >= 0.6 is 0 Å². The minimum atomic E-state index is 0.157. The van der Waals surface area contributed by atoms with Crippen molar-refractivity contribution in [2.75, 3.05) is 0 Å². The van der Waals surface area contributed by atoms with Gasteiger partial charge in [0, 0.05) is 12.6 Å². The molecular formula is C27H39N. The van der Waals surface area contributed by atoms with Gasteiger partial charge in [-0.05, 0) is 86.9 Å². The van der Waals surface area contributed by atoms with E-state index in [2.05, 4.69) is 70.5 Å². The van der Waals surface area contributed by atoms with Crippen molar-refractivity contribution in [3.63, 3.8) is 0 Å². The maximum absolute atomic E-state index is 4.28. The van der Waals surface area contributed by atoms with Crippen molar-refractivity contribution in [2.45, 2.75) is 97.4 Å². The maximum Gasteiger partial charge on any atom is 0.129 e. The highest BCUT2D eigenvalue weighted by atomic mass is 15.1. The largest absolute Gasteiger partial charge is 0.359 e. The Labute approximate surface area is 172 Å². The second-order valence-corrected chi connectivity index (χ2v) is 11.9. The fourth-order valence-electron chi connectivity index (χ4n) is 7.82. The van der Waals surface area contributed by atoms with Crippen LogP contribution in [0.3, 0.4) is 0 Å². The highest BCUT2D eigenvalue weighted by Gasteiger charge is 2.60. The Morgan fingerprint density at radius 2 is 1.36 bits per heavy atom. The van der Waals surface area contributed by atoms with E-state index in [0.29, 0.717) is 17.3 Å². The average Bonchev–Trinajstić information content (AvgIpc) is 2.90. The van der Waals surface area contributed by atoms with Gasteiger partial charge in [0.25, 0.3) is 0 Å². The summed E-state index contributed by atoms with van der Waals surface area (Å²) in [6.07, 6.45) is 13.0. The average molecular weight is 378 g/mol. The Morgan fingerprint density at radius 3 is 1.82 bits per heavy atom. The van der Waals surface area contributed by atoms with Gasteiger partial charge in [0.05, 0.1) is 5.69 Å². The zero-order valence-corrected chi connectivity index (χ0v) is 18.9. The monoisotopic (exact) mass is 377 g/mol. The smallest absolute Gasteiger partial charge is 0.129 e. The van der Waals surface area contributed by atoms with Crippen LogP contribution < -0.4 is 0 Å². The lowest BCUT2D eigenvalue weighted by Crippen LogP contribution is -2.53. The zero-order chi connectivity index (χ0) is 19.8. The van der Waals surface area contributed by atoms with Crippen molar-refractivity contribution in [2.24, 2.45) is 29.1 Å². The van der Waals surface area contributed by atoms with Crippen molar-refractivity contribution < 1.29 is 4.58 Å². The van der Waals surface area contributed by atoms with Gasteiger partial charge in [-0.1, -0.05) is 57.0 Å². The molecule has 1 aromatic rings. The summed E-state index contributed by atoms with van der Waals surface area (Å²) in [5, 5.41) is 0. The summed E-state index contributed by atoms with van der Waals surface area (Å²) >= 11 is 0. The molecule has 0 aromatic heterocycles. The molecule has 152 valence electrons. The van der Waals surface area contributed by atoms with Crippen LogP contribution in [0.2, 0.25) is 0 Å². The lowest BCUT2D eigenvalue weighted by atomic mass is 9.44. The molecule has 28 heavy (non-hydrogen) atoms. The van der Waals surface area contributed by atoms with Crippen molar-refractivity contribution in [3.05, 3.63) is 29.3 Å². The number of nitrogens with zero attached hydrogens (tertiary/aromatic N) is 1. The van der Waals surface area contributed by atoms with E-state index in [1.807, 2.05) is 0 Å². The molecule has 4 aliphatic carbocycles. The van der Waals surface area contributed by atoms with Crippen molar-refractivity contribution in [1.29, 1.82) is 0 Å². The first-order chi connectivity index (χ1) is 13.2. The van der Waals surface area contributed by atoms with E-state index < -0.39 is 0 Å². The summed E-state index contributed by atoms with van der Waals surface area (Å²) in [6.45, 7) is 14.4. The molecule has 1 aromatic carbocycles. The van der Waals surface area contributed by atoms with Crippen molar-refractivity contribution in [1.82, 2.24) is 0 Å². The van der Waals surface area contributed by atoms with Crippen LogP contribution in [0.4, 0.5) is 5.69 Å². The van der Waals surface area contributed by atoms with E-state index in [4.69, 9.17) is 0 Å². The standard InChI is InChI=1S/C27H39N/c1-17(2)23-8-7-9-24(18(3)4)25(23)28-16-27(15-26(28,5)6)21-11-19-10-20(13-21)14-22(27)12-19/h7-9,17-22H,10-15H2,1-6H3. The van der Waals surface area contributed by atoms with Gasteiger partial charge in [0.15, 0.2) is 0 Å². The van der Waals surface area contributed by atoms with E-state index in [0.717, 1.165) is 23.7 Å². The van der Waals surface area contributed by atoms with Crippen LogP contribution in [0, 0.1) is 29.1 Å². The third-order valence-electron chi connectivity index (χ3n) is 8.81. The maximum atomic E-state index is 4.28. The van der Waals surface area contributed by atoms with Gasteiger partial charge < -0.3 is 4.58 Å². The van der Waals surface area contributed by atoms with E-state index in [-0.39, 0.29) is 5.54 Å². The molecule has 0 saturated heterocycles. The fourth-order valence-corrected chi connectivity index (χ4v) is 7.82. The number of hydrogen-bond donors (Lipinski definition) is 0. The van der Waals surface area contributed by atoms with Gasteiger partial charge in [0.1, 0.15) is 5.54 Å². The predicted octanol–water partition coefficient (Wildman–Crippen LogP) is 7.15. The molecule has 5 aliphatic rings. The van der Waals surface area contributed by atoms with Gasteiger partial charge in [-0.25, -0.2) is 0 Å².